The number of hydrogen-bond acceptors (Lipinski definition) is 3. The van der Waals surface area contributed by atoms with E-state index in [2.05, 4.69) is 14.9 Å². The van der Waals surface area contributed by atoms with Gasteiger partial charge in [0.1, 0.15) is 0 Å². The second-order valence-corrected chi connectivity index (χ2v) is 4.03. The largest absolute Gasteiger partial charge is 0.459 e. The molecule has 5 nitrogen and oxygen atoms in total. The zero-order valence-corrected chi connectivity index (χ0v) is 10.7. The van der Waals surface area contributed by atoms with Crippen molar-refractivity contribution in [3.05, 3.63) is 24.2 Å². The number of hydrogen-bond donors (Lipinski definition) is 0. The minimum absolute atomic E-state index is 0.541. The molecule has 2 aromatic rings. The van der Waals surface area contributed by atoms with Crippen LogP contribution in [0.3, 0.4) is 0 Å². The van der Waals surface area contributed by atoms with E-state index in [1.54, 1.807) is 0 Å². The summed E-state index contributed by atoms with van der Waals surface area (Å²) in [5, 5.41) is 6.56. The second kappa shape index (κ2) is 5.18. The third-order valence-electron chi connectivity index (χ3n) is 2.56. The molecule has 2 aromatic heterocycles. The van der Waals surface area contributed by atoms with Crippen LogP contribution in [0.4, 0.5) is 30.7 Å². The van der Waals surface area contributed by atoms with Crippen molar-refractivity contribution in [1.82, 2.24) is 19.6 Å². The maximum Gasteiger partial charge on any atom is 0.459 e. The maximum absolute atomic E-state index is 13.5. The van der Waals surface area contributed by atoms with Crippen molar-refractivity contribution in [1.29, 1.82) is 0 Å². The van der Waals surface area contributed by atoms with Gasteiger partial charge in [-0.05, 0) is 6.07 Å². The van der Waals surface area contributed by atoms with Crippen molar-refractivity contribution in [2.75, 3.05) is 0 Å². The first kappa shape index (κ1) is 16.1. The van der Waals surface area contributed by atoms with Crippen LogP contribution in [0.25, 0.3) is 5.82 Å². The van der Waals surface area contributed by atoms with Crippen LogP contribution in [0.1, 0.15) is 5.69 Å². The van der Waals surface area contributed by atoms with Crippen LogP contribution < -0.4 is 4.74 Å². The fraction of sp³-hybridized carbons (Fsp3) is 0.400. The van der Waals surface area contributed by atoms with Crippen LogP contribution in [0.5, 0.6) is 5.75 Å². The molecule has 0 saturated heterocycles. The minimum Gasteiger partial charge on any atom is -0.428 e. The Labute approximate surface area is 117 Å². The van der Waals surface area contributed by atoms with Crippen LogP contribution in [0.2, 0.25) is 0 Å². The smallest absolute Gasteiger partial charge is 0.428 e. The van der Waals surface area contributed by atoms with E-state index >= 15 is 0 Å². The Bertz CT molecular complexity index is 647. The van der Waals surface area contributed by atoms with Crippen LogP contribution in [-0.4, -0.2) is 32.3 Å². The van der Waals surface area contributed by atoms with E-state index in [0.29, 0.717) is 4.68 Å². The van der Waals surface area contributed by atoms with Gasteiger partial charge in [0, 0.05) is 19.4 Å². The van der Waals surface area contributed by atoms with Crippen molar-refractivity contribution in [3.63, 3.8) is 0 Å². The summed E-state index contributed by atoms with van der Waals surface area (Å²) in [7, 11) is 0.991. The molecule has 0 spiro atoms. The van der Waals surface area contributed by atoms with E-state index in [0.717, 1.165) is 17.9 Å². The fourth-order valence-electron chi connectivity index (χ4n) is 1.68. The normalized spacial score (nSPS) is 13.0. The summed E-state index contributed by atoms with van der Waals surface area (Å²) in [4.78, 5) is 0. The number of nitrogens with zero attached hydrogens (tertiary/aromatic N) is 4. The summed E-state index contributed by atoms with van der Waals surface area (Å²) in [5.41, 5.74) is -1.96. The summed E-state index contributed by atoms with van der Waals surface area (Å²) in [5.74, 6) is -7.46. The molecule has 0 unspecified atom stereocenters. The molecule has 0 aliphatic rings. The molecule has 0 aliphatic heterocycles. The van der Waals surface area contributed by atoms with Gasteiger partial charge in [-0.2, -0.15) is 40.9 Å². The molecule has 0 fully saturated rings. The highest BCUT2D eigenvalue weighted by Gasteiger charge is 2.62. The van der Waals surface area contributed by atoms with Crippen LogP contribution in [0.15, 0.2) is 18.5 Å². The van der Waals surface area contributed by atoms with Gasteiger partial charge in [-0.15, -0.1) is 0 Å². The molecule has 0 saturated carbocycles. The lowest BCUT2D eigenvalue weighted by atomic mass is 10.2. The molecule has 0 aliphatic carbocycles. The third kappa shape index (κ3) is 2.60. The highest BCUT2D eigenvalue weighted by Crippen LogP contribution is 2.48. The topological polar surface area (TPSA) is 44.9 Å². The van der Waals surface area contributed by atoms with Gasteiger partial charge >= 0.3 is 18.7 Å². The quantitative estimate of drug-likeness (QED) is 0.809. The summed E-state index contributed by atoms with van der Waals surface area (Å²) < 4.78 is 94.2. The molecule has 0 atom stereocenters. The second-order valence-electron chi connectivity index (χ2n) is 4.03. The van der Waals surface area contributed by atoms with Gasteiger partial charge < -0.3 is 4.74 Å². The molecule has 0 N–H and O–H groups in total. The summed E-state index contributed by atoms with van der Waals surface area (Å²) in [6, 6.07) is 1.31. The number of aromatic nitrogens is 4. The zero-order valence-electron chi connectivity index (χ0n) is 10.7. The molecule has 0 aromatic carbocycles. The molecule has 0 radical (unpaired) electrons. The lowest BCUT2D eigenvalue weighted by Gasteiger charge is -2.18. The number of alkyl halides is 7. The highest BCUT2D eigenvalue weighted by atomic mass is 19.4. The Kier molecular flexibility index (Phi) is 3.79. The fourth-order valence-corrected chi connectivity index (χ4v) is 1.68. The molecular weight excluding hydrogens is 325 g/mol. The Morgan fingerprint density at radius 2 is 1.82 bits per heavy atom. The molecule has 0 bridgehead atoms. The number of ether oxygens (including phenoxy) is 1. The maximum atomic E-state index is 13.5. The van der Waals surface area contributed by atoms with Crippen molar-refractivity contribution >= 4 is 0 Å². The molecule has 2 heterocycles. The summed E-state index contributed by atoms with van der Waals surface area (Å²) >= 11 is 0. The average Bonchev–Trinajstić information content (AvgIpc) is 2.95. The van der Waals surface area contributed by atoms with Gasteiger partial charge in [0.05, 0.1) is 0 Å². The van der Waals surface area contributed by atoms with Crippen LogP contribution >= 0.6 is 0 Å². The van der Waals surface area contributed by atoms with Gasteiger partial charge in [-0.3, -0.25) is 0 Å². The van der Waals surface area contributed by atoms with Gasteiger partial charge in [0.15, 0.2) is 17.3 Å². The first-order valence-corrected chi connectivity index (χ1v) is 5.52. The van der Waals surface area contributed by atoms with Crippen LogP contribution in [-0.2, 0) is 13.0 Å². The Morgan fingerprint density at radius 3 is 2.27 bits per heavy atom. The van der Waals surface area contributed by atoms with Gasteiger partial charge in [0.25, 0.3) is 0 Å². The van der Waals surface area contributed by atoms with E-state index < -0.39 is 36.0 Å². The Balaban J connectivity index is 2.68. The van der Waals surface area contributed by atoms with Gasteiger partial charge in [0.2, 0.25) is 0 Å². The molecule has 2 rings (SSSR count). The lowest BCUT2D eigenvalue weighted by molar-refractivity contribution is -0.291. The average molecular weight is 332 g/mol. The van der Waals surface area contributed by atoms with Crippen molar-refractivity contribution in [2.45, 2.75) is 18.7 Å². The standard InChI is InChI=1S/C10H7F7N4O/c1-20-7(21-4-2-3-18-21)5(22-8(11)12)6(19-20)9(13,14)10(15,16)17/h2-4,8H,1H3. The highest BCUT2D eigenvalue weighted by molar-refractivity contribution is 5.47. The van der Waals surface area contributed by atoms with E-state index in [1.165, 1.54) is 12.3 Å². The Morgan fingerprint density at radius 1 is 1.18 bits per heavy atom. The molecular formula is C10H7F7N4O. The van der Waals surface area contributed by atoms with E-state index in [4.69, 9.17) is 0 Å². The zero-order chi connectivity index (χ0) is 16.7. The van der Waals surface area contributed by atoms with Crippen molar-refractivity contribution in [2.24, 2.45) is 7.05 Å². The Hall–Kier alpha value is -2.27. The first-order valence-electron chi connectivity index (χ1n) is 5.52. The predicted octanol–water partition coefficient (Wildman–Crippen LogP) is 2.86. The summed E-state index contributed by atoms with van der Waals surface area (Å²) in [6.45, 7) is -3.62. The third-order valence-corrected chi connectivity index (χ3v) is 2.56. The molecule has 0 amide bonds. The first-order chi connectivity index (χ1) is 10.1. The number of aryl methyl sites for hydroxylation is 1. The van der Waals surface area contributed by atoms with Crippen molar-refractivity contribution < 1.29 is 35.5 Å². The van der Waals surface area contributed by atoms with Crippen LogP contribution in [0, 0.1) is 0 Å². The number of rotatable bonds is 4. The monoisotopic (exact) mass is 332 g/mol. The molecule has 122 valence electrons. The molecule has 22 heavy (non-hydrogen) atoms. The van der Waals surface area contributed by atoms with Gasteiger partial charge in [-0.1, -0.05) is 0 Å². The van der Waals surface area contributed by atoms with E-state index in [9.17, 15) is 30.7 Å². The number of halogens is 7. The van der Waals surface area contributed by atoms with Gasteiger partial charge in [-0.25, -0.2) is 9.36 Å². The predicted molar refractivity (Wildman–Crippen MR) is 56.9 cm³/mol. The van der Waals surface area contributed by atoms with E-state index in [-0.39, 0.29) is 0 Å². The summed E-state index contributed by atoms with van der Waals surface area (Å²) in [6.07, 6.45) is -3.71. The minimum atomic E-state index is -6.02. The molecule has 12 heteroatoms. The van der Waals surface area contributed by atoms with E-state index in [1.807, 2.05) is 0 Å². The lowest BCUT2D eigenvalue weighted by Crippen LogP contribution is -2.34. The SMILES string of the molecule is Cn1nc(C(F)(F)C(F)(F)F)c(OC(F)F)c1-n1cccn1. The van der Waals surface area contributed by atoms with Crippen molar-refractivity contribution in [3.8, 4) is 11.6 Å².